The lowest BCUT2D eigenvalue weighted by atomic mass is 10.3. The number of benzene rings is 1. The molecule has 112 valence electrons. The van der Waals surface area contributed by atoms with Crippen molar-refractivity contribution in [3.05, 3.63) is 24.0 Å². The Balaban J connectivity index is 1.55. The molecule has 1 aromatic carbocycles. The smallest absolute Gasteiger partial charge is 0.113 e. The molecule has 1 heterocycles. The molecular formula is C17H23N3O. The molecular weight excluding hydrogens is 262 g/mol. The third-order valence-corrected chi connectivity index (χ3v) is 4.71. The molecule has 4 heteroatoms. The van der Waals surface area contributed by atoms with Gasteiger partial charge in [-0.15, -0.1) is 0 Å². The van der Waals surface area contributed by atoms with Crippen LogP contribution >= 0.6 is 0 Å². The molecule has 0 radical (unpaired) electrons. The zero-order chi connectivity index (χ0) is 14.2. The van der Waals surface area contributed by atoms with E-state index in [0.717, 1.165) is 24.4 Å². The van der Waals surface area contributed by atoms with Crippen molar-refractivity contribution in [1.29, 1.82) is 0 Å². The van der Waals surface area contributed by atoms with Crippen LogP contribution in [0.3, 0.4) is 0 Å². The Labute approximate surface area is 125 Å². The van der Waals surface area contributed by atoms with Crippen LogP contribution in [0.4, 0.5) is 5.69 Å². The fourth-order valence-electron chi connectivity index (χ4n) is 3.42. The Morgan fingerprint density at radius 3 is 2.76 bits per heavy atom. The second-order valence-electron chi connectivity index (χ2n) is 6.42. The number of anilines is 1. The van der Waals surface area contributed by atoms with Crippen molar-refractivity contribution < 1.29 is 4.74 Å². The fourth-order valence-corrected chi connectivity index (χ4v) is 3.42. The Hall–Kier alpha value is -1.55. The van der Waals surface area contributed by atoms with E-state index in [2.05, 4.69) is 10.6 Å². The summed E-state index contributed by atoms with van der Waals surface area (Å²) in [4.78, 5) is 4.81. The van der Waals surface area contributed by atoms with Crippen LogP contribution in [-0.4, -0.2) is 22.3 Å². The van der Waals surface area contributed by atoms with Gasteiger partial charge in [-0.3, -0.25) is 0 Å². The quantitative estimate of drug-likeness (QED) is 0.856. The van der Waals surface area contributed by atoms with Gasteiger partial charge >= 0.3 is 0 Å². The van der Waals surface area contributed by atoms with Crippen molar-refractivity contribution in [1.82, 2.24) is 9.55 Å². The summed E-state index contributed by atoms with van der Waals surface area (Å²) >= 11 is 0. The van der Waals surface area contributed by atoms with Crippen LogP contribution in [0.1, 0.15) is 50.3 Å². The maximum atomic E-state index is 6.03. The maximum Gasteiger partial charge on any atom is 0.113 e. The molecule has 0 amide bonds. The van der Waals surface area contributed by atoms with Gasteiger partial charge in [0.2, 0.25) is 0 Å². The van der Waals surface area contributed by atoms with Crippen LogP contribution < -0.4 is 5.73 Å². The Kier molecular flexibility index (Phi) is 3.34. The molecule has 2 fully saturated rings. The van der Waals surface area contributed by atoms with E-state index in [-0.39, 0.29) is 0 Å². The van der Waals surface area contributed by atoms with Crippen LogP contribution in [-0.2, 0) is 11.3 Å². The summed E-state index contributed by atoms with van der Waals surface area (Å²) in [6.07, 6.45) is 8.13. The standard InChI is InChI=1S/C17H23N3O/c18-13-7-8-16-15(11-13)19-17(12-5-6-12)20(16)9-10-21-14-3-1-2-4-14/h7-8,11-12,14H,1-6,9-10,18H2. The lowest BCUT2D eigenvalue weighted by Gasteiger charge is -2.13. The van der Waals surface area contributed by atoms with Crippen molar-refractivity contribution in [2.75, 3.05) is 12.3 Å². The van der Waals surface area contributed by atoms with E-state index in [9.17, 15) is 0 Å². The lowest BCUT2D eigenvalue weighted by Crippen LogP contribution is -2.14. The Morgan fingerprint density at radius 1 is 1.19 bits per heavy atom. The lowest BCUT2D eigenvalue weighted by molar-refractivity contribution is 0.0531. The van der Waals surface area contributed by atoms with E-state index in [1.807, 2.05) is 12.1 Å². The summed E-state index contributed by atoms with van der Waals surface area (Å²) < 4.78 is 8.38. The summed E-state index contributed by atoms with van der Waals surface area (Å²) in [7, 11) is 0. The largest absolute Gasteiger partial charge is 0.399 e. The van der Waals surface area contributed by atoms with Crippen molar-refractivity contribution in [2.24, 2.45) is 0 Å². The minimum absolute atomic E-state index is 0.486. The number of hydrogen-bond donors (Lipinski definition) is 1. The molecule has 0 unspecified atom stereocenters. The number of nitrogens with two attached hydrogens (primary N) is 1. The second kappa shape index (κ2) is 5.34. The molecule has 2 saturated carbocycles. The Bertz CT molecular complexity index is 639. The topological polar surface area (TPSA) is 53.1 Å². The molecule has 0 spiro atoms. The van der Waals surface area contributed by atoms with Gasteiger partial charge in [0, 0.05) is 18.2 Å². The van der Waals surface area contributed by atoms with Crippen LogP contribution in [0, 0.1) is 0 Å². The van der Waals surface area contributed by atoms with E-state index in [4.69, 9.17) is 15.5 Å². The van der Waals surface area contributed by atoms with Gasteiger partial charge in [0.25, 0.3) is 0 Å². The predicted octanol–water partition coefficient (Wildman–Crippen LogP) is 3.46. The van der Waals surface area contributed by atoms with Gasteiger partial charge in [-0.1, -0.05) is 12.8 Å². The first-order chi connectivity index (χ1) is 10.3. The average molecular weight is 285 g/mol. The molecule has 4 nitrogen and oxygen atoms in total. The molecule has 21 heavy (non-hydrogen) atoms. The fraction of sp³-hybridized carbons (Fsp3) is 0.588. The van der Waals surface area contributed by atoms with E-state index in [1.54, 1.807) is 0 Å². The number of ether oxygens (including phenoxy) is 1. The summed E-state index contributed by atoms with van der Waals surface area (Å²) in [5, 5.41) is 0. The molecule has 2 aliphatic carbocycles. The van der Waals surface area contributed by atoms with Gasteiger partial charge in [0.1, 0.15) is 5.82 Å². The molecule has 4 rings (SSSR count). The Morgan fingerprint density at radius 2 is 2.00 bits per heavy atom. The van der Waals surface area contributed by atoms with Crippen LogP contribution in [0.25, 0.3) is 11.0 Å². The molecule has 2 aliphatic rings. The third-order valence-electron chi connectivity index (χ3n) is 4.71. The van der Waals surface area contributed by atoms with Gasteiger partial charge in [-0.25, -0.2) is 4.98 Å². The summed E-state index contributed by atoms with van der Waals surface area (Å²) in [6, 6.07) is 6.05. The number of rotatable bonds is 5. The summed E-state index contributed by atoms with van der Waals surface area (Å²) in [5.41, 5.74) is 8.89. The molecule has 0 aliphatic heterocycles. The van der Waals surface area contributed by atoms with E-state index in [1.165, 1.54) is 49.9 Å². The van der Waals surface area contributed by atoms with Crippen molar-refractivity contribution >= 4 is 16.7 Å². The zero-order valence-electron chi connectivity index (χ0n) is 12.4. The SMILES string of the molecule is Nc1ccc2c(c1)nc(C1CC1)n2CCOC1CCCC1. The van der Waals surface area contributed by atoms with Crippen molar-refractivity contribution in [2.45, 2.75) is 57.1 Å². The van der Waals surface area contributed by atoms with Gasteiger partial charge in [-0.2, -0.15) is 0 Å². The van der Waals surface area contributed by atoms with Gasteiger partial charge in [0.05, 0.1) is 23.7 Å². The minimum atomic E-state index is 0.486. The summed E-state index contributed by atoms with van der Waals surface area (Å²) in [5.74, 6) is 1.87. The number of imidazole rings is 1. The molecule has 0 bridgehead atoms. The van der Waals surface area contributed by atoms with Crippen molar-refractivity contribution in [3.63, 3.8) is 0 Å². The van der Waals surface area contributed by atoms with E-state index in [0.29, 0.717) is 12.0 Å². The van der Waals surface area contributed by atoms with Gasteiger partial charge < -0.3 is 15.0 Å². The predicted molar refractivity (Wildman–Crippen MR) is 84.3 cm³/mol. The average Bonchev–Trinajstić information content (AvgIpc) is 3.07. The maximum absolute atomic E-state index is 6.03. The molecule has 0 saturated heterocycles. The first-order valence-electron chi connectivity index (χ1n) is 8.18. The van der Waals surface area contributed by atoms with Crippen LogP contribution in [0.5, 0.6) is 0 Å². The number of nitrogen functional groups attached to an aromatic ring is 1. The number of nitrogens with zero attached hydrogens (tertiary/aromatic N) is 2. The first-order valence-corrected chi connectivity index (χ1v) is 8.18. The van der Waals surface area contributed by atoms with Gasteiger partial charge in [-0.05, 0) is 43.9 Å². The highest BCUT2D eigenvalue weighted by atomic mass is 16.5. The minimum Gasteiger partial charge on any atom is -0.399 e. The highest BCUT2D eigenvalue weighted by Gasteiger charge is 2.29. The normalized spacial score (nSPS) is 19.6. The monoisotopic (exact) mass is 285 g/mol. The van der Waals surface area contributed by atoms with Crippen LogP contribution in [0.15, 0.2) is 18.2 Å². The molecule has 1 aromatic heterocycles. The zero-order valence-corrected chi connectivity index (χ0v) is 12.4. The van der Waals surface area contributed by atoms with E-state index < -0.39 is 0 Å². The molecule has 2 aromatic rings. The molecule has 2 N–H and O–H groups in total. The highest BCUT2D eigenvalue weighted by Crippen LogP contribution is 2.40. The van der Waals surface area contributed by atoms with Crippen molar-refractivity contribution in [3.8, 4) is 0 Å². The van der Waals surface area contributed by atoms with Crippen LogP contribution in [0.2, 0.25) is 0 Å². The number of aromatic nitrogens is 2. The highest BCUT2D eigenvalue weighted by molar-refractivity contribution is 5.79. The molecule has 0 atom stereocenters. The number of fused-ring (bicyclic) bond motifs is 1. The summed E-state index contributed by atoms with van der Waals surface area (Å²) in [6.45, 7) is 1.70. The third kappa shape index (κ3) is 2.64. The second-order valence-corrected chi connectivity index (χ2v) is 6.42. The van der Waals surface area contributed by atoms with E-state index >= 15 is 0 Å². The van der Waals surface area contributed by atoms with Gasteiger partial charge in [0.15, 0.2) is 0 Å². The number of hydrogen-bond acceptors (Lipinski definition) is 3. The first kappa shape index (κ1) is 13.1.